The highest BCUT2D eigenvalue weighted by Gasteiger charge is 2.33. The van der Waals surface area contributed by atoms with Gasteiger partial charge in [0.15, 0.2) is 0 Å². The maximum atomic E-state index is 10.8. The highest BCUT2D eigenvalue weighted by Crippen LogP contribution is 2.40. The molecule has 2 rings (SSSR count). The Morgan fingerprint density at radius 3 is 3.00 bits per heavy atom. The van der Waals surface area contributed by atoms with Crippen molar-refractivity contribution in [3.05, 3.63) is 35.4 Å². The number of isothiocyanates is 1. The van der Waals surface area contributed by atoms with Crippen LogP contribution < -0.4 is 0 Å². The normalized spacial score (nSPS) is 22.2. The van der Waals surface area contributed by atoms with E-state index >= 15 is 0 Å². The topological polar surface area (TPSA) is 49.7 Å². The second-order valence-electron chi connectivity index (χ2n) is 3.93. The molecular weight excluding hydrogens is 222 g/mol. The fourth-order valence-corrected chi connectivity index (χ4v) is 2.41. The first-order valence-electron chi connectivity index (χ1n) is 5.09. The van der Waals surface area contributed by atoms with Gasteiger partial charge in [0, 0.05) is 5.92 Å². The largest absolute Gasteiger partial charge is 0.481 e. The van der Waals surface area contributed by atoms with Crippen molar-refractivity contribution in [3.8, 4) is 0 Å². The third-order valence-electron chi connectivity index (χ3n) is 2.93. The lowest BCUT2D eigenvalue weighted by Gasteiger charge is -2.12. The Bertz CT molecular complexity index is 466. The molecule has 0 amide bonds. The van der Waals surface area contributed by atoms with Gasteiger partial charge in [-0.1, -0.05) is 24.3 Å². The van der Waals surface area contributed by atoms with Crippen LogP contribution in [0, 0.1) is 5.92 Å². The minimum absolute atomic E-state index is 0.00495. The number of rotatable bonds is 3. The molecule has 0 saturated carbocycles. The predicted molar refractivity (Wildman–Crippen MR) is 63.7 cm³/mol. The number of aliphatic imine (C=N–C) groups is 1. The summed E-state index contributed by atoms with van der Waals surface area (Å²) in [6, 6.07) is 7.76. The number of hydrogen-bond acceptors (Lipinski definition) is 3. The standard InChI is InChI=1S/C12H11NO2S/c14-11(15)6-9-5-8-3-1-2-4-10(8)12(9)13-7-16/h1-4,9,12H,5-6H2,(H,14,15)/t9?,12-/m0/s1. The van der Waals surface area contributed by atoms with Crippen molar-refractivity contribution < 1.29 is 9.90 Å². The molecule has 2 atom stereocenters. The van der Waals surface area contributed by atoms with E-state index in [4.69, 9.17) is 5.11 Å². The van der Waals surface area contributed by atoms with Gasteiger partial charge in [-0.2, -0.15) is 0 Å². The minimum atomic E-state index is -0.789. The van der Waals surface area contributed by atoms with Crippen molar-refractivity contribution >= 4 is 23.3 Å². The molecule has 0 aliphatic heterocycles. The number of carbonyl (C=O) groups is 1. The molecule has 0 saturated heterocycles. The Morgan fingerprint density at radius 1 is 1.56 bits per heavy atom. The zero-order chi connectivity index (χ0) is 11.5. The summed E-state index contributed by atoms with van der Waals surface area (Å²) in [7, 11) is 0. The minimum Gasteiger partial charge on any atom is -0.481 e. The molecule has 1 aromatic carbocycles. The molecular formula is C12H11NO2S. The first-order valence-corrected chi connectivity index (χ1v) is 5.49. The van der Waals surface area contributed by atoms with Crippen molar-refractivity contribution in [1.82, 2.24) is 0 Å². The van der Waals surface area contributed by atoms with Crippen molar-refractivity contribution in [2.75, 3.05) is 0 Å². The smallest absolute Gasteiger partial charge is 0.303 e. The maximum absolute atomic E-state index is 10.8. The lowest BCUT2D eigenvalue weighted by Crippen LogP contribution is -2.11. The summed E-state index contributed by atoms with van der Waals surface area (Å²) in [6.07, 6.45) is 0.882. The lowest BCUT2D eigenvalue weighted by molar-refractivity contribution is -0.138. The van der Waals surface area contributed by atoms with Crippen LogP contribution in [0.1, 0.15) is 23.6 Å². The van der Waals surface area contributed by atoms with Crippen LogP contribution in [0.15, 0.2) is 29.3 Å². The summed E-state index contributed by atoms with van der Waals surface area (Å²) in [5.41, 5.74) is 2.26. The van der Waals surface area contributed by atoms with Crippen LogP contribution in [-0.2, 0) is 11.2 Å². The summed E-state index contributed by atoms with van der Waals surface area (Å²) in [6.45, 7) is 0. The van der Waals surface area contributed by atoms with E-state index in [0.717, 1.165) is 12.0 Å². The SMILES string of the molecule is O=C(O)CC1Cc2ccccc2[C@H]1N=C=S. The summed E-state index contributed by atoms with van der Waals surface area (Å²) in [5.74, 6) is -0.785. The van der Waals surface area contributed by atoms with Crippen molar-refractivity contribution in [2.24, 2.45) is 10.9 Å². The highest BCUT2D eigenvalue weighted by atomic mass is 32.1. The molecule has 0 bridgehead atoms. The quantitative estimate of drug-likeness (QED) is 0.644. The molecule has 0 spiro atoms. The van der Waals surface area contributed by atoms with E-state index in [1.54, 1.807) is 0 Å². The molecule has 82 valence electrons. The number of thiocarbonyl (C=S) groups is 1. The van der Waals surface area contributed by atoms with Gasteiger partial charge in [-0.3, -0.25) is 4.79 Å². The number of carboxylic acid groups (broad SMARTS) is 1. The third kappa shape index (κ3) is 2.03. The molecule has 3 nitrogen and oxygen atoms in total. The Hall–Kier alpha value is -1.51. The Labute approximate surface area is 98.8 Å². The van der Waals surface area contributed by atoms with Crippen LogP contribution in [-0.4, -0.2) is 16.2 Å². The molecule has 0 fully saturated rings. The highest BCUT2D eigenvalue weighted by molar-refractivity contribution is 7.78. The van der Waals surface area contributed by atoms with Gasteiger partial charge in [0.2, 0.25) is 0 Å². The number of nitrogens with zero attached hydrogens (tertiary/aromatic N) is 1. The second-order valence-corrected chi connectivity index (χ2v) is 4.11. The molecule has 4 heteroatoms. The van der Waals surface area contributed by atoms with Crippen LogP contribution in [0.2, 0.25) is 0 Å². The number of fused-ring (bicyclic) bond motifs is 1. The molecule has 1 N–H and O–H groups in total. The van der Waals surface area contributed by atoms with Gasteiger partial charge < -0.3 is 5.11 Å². The van der Waals surface area contributed by atoms with Gasteiger partial charge in [0.25, 0.3) is 0 Å². The van der Waals surface area contributed by atoms with Gasteiger partial charge in [0.05, 0.1) is 17.6 Å². The molecule has 0 radical (unpaired) electrons. The van der Waals surface area contributed by atoms with Gasteiger partial charge >= 0.3 is 5.97 Å². The van der Waals surface area contributed by atoms with Crippen molar-refractivity contribution in [3.63, 3.8) is 0 Å². The van der Waals surface area contributed by atoms with E-state index in [9.17, 15) is 4.79 Å². The third-order valence-corrected chi connectivity index (χ3v) is 3.04. The van der Waals surface area contributed by atoms with Gasteiger partial charge in [-0.25, -0.2) is 4.99 Å². The van der Waals surface area contributed by atoms with Gasteiger partial charge in [0.1, 0.15) is 0 Å². The molecule has 0 heterocycles. The molecule has 1 aromatic rings. The zero-order valence-corrected chi connectivity index (χ0v) is 9.41. The molecule has 0 aromatic heterocycles. The van der Waals surface area contributed by atoms with Crippen molar-refractivity contribution in [1.29, 1.82) is 0 Å². The van der Waals surface area contributed by atoms with Crippen LogP contribution in [0.5, 0.6) is 0 Å². The lowest BCUT2D eigenvalue weighted by atomic mass is 9.98. The molecule has 1 unspecified atom stereocenters. The molecule has 1 aliphatic carbocycles. The summed E-state index contributed by atoms with van der Waals surface area (Å²) in [5, 5.41) is 11.2. The Kier molecular flexibility index (Phi) is 3.13. The fourth-order valence-electron chi connectivity index (χ4n) is 2.30. The van der Waals surface area contributed by atoms with Crippen molar-refractivity contribution in [2.45, 2.75) is 18.9 Å². The van der Waals surface area contributed by atoms with E-state index in [2.05, 4.69) is 22.4 Å². The van der Waals surface area contributed by atoms with Gasteiger partial charge in [-0.05, 0) is 29.8 Å². The van der Waals surface area contributed by atoms with Crippen LogP contribution in [0.4, 0.5) is 0 Å². The number of carboxylic acids is 1. The van der Waals surface area contributed by atoms with Crippen LogP contribution in [0.25, 0.3) is 0 Å². The van der Waals surface area contributed by atoms with E-state index < -0.39 is 5.97 Å². The summed E-state index contributed by atoms with van der Waals surface area (Å²) < 4.78 is 0. The van der Waals surface area contributed by atoms with E-state index in [1.165, 1.54) is 5.56 Å². The Balaban J connectivity index is 2.33. The van der Waals surface area contributed by atoms with Crippen LogP contribution in [0.3, 0.4) is 0 Å². The zero-order valence-electron chi connectivity index (χ0n) is 8.59. The monoisotopic (exact) mass is 233 g/mol. The maximum Gasteiger partial charge on any atom is 0.303 e. The fraction of sp³-hybridized carbons (Fsp3) is 0.333. The number of benzene rings is 1. The van der Waals surface area contributed by atoms with Gasteiger partial charge in [-0.15, -0.1) is 0 Å². The number of aliphatic carboxylic acids is 1. The van der Waals surface area contributed by atoms with E-state index in [-0.39, 0.29) is 18.4 Å². The number of hydrogen-bond donors (Lipinski definition) is 1. The average molecular weight is 233 g/mol. The second kappa shape index (κ2) is 4.56. The molecule has 1 aliphatic rings. The first-order chi connectivity index (χ1) is 7.72. The Morgan fingerprint density at radius 2 is 2.31 bits per heavy atom. The first kappa shape index (κ1) is 11.0. The summed E-state index contributed by atoms with van der Waals surface area (Å²) in [4.78, 5) is 14.9. The van der Waals surface area contributed by atoms with E-state index in [0.29, 0.717) is 0 Å². The summed E-state index contributed by atoms with van der Waals surface area (Å²) >= 11 is 4.62. The average Bonchev–Trinajstić information content (AvgIpc) is 2.57. The predicted octanol–water partition coefficient (Wildman–Crippen LogP) is 2.48. The van der Waals surface area contributed by atoms with E-state index in [1.807, 2.05) is 24.3 Å². The molecule has 16 heavy (non-hydrogen) atoms. The van der Waals surface area contributed by atoms with Crippen LogP contribution >= 0.6 is 12.2 Å².